The van der Waals surface area contributed by atoms with Crippen molar-refractivity contribution in [2.45, 2.75) is 18.5 Å². The number of amides is 3. The molecule has 0 radical (unpaired) electrons. The predicted molar refractivity (Wildman–Crippen MR) is 82.4 cm³/mol. The van der Waals surface area contributed by atoms with Crippen molar-refractivity contribution in [1.82, 2.24) is 15.1 Å². The fraction of sp³-hybridized carbons (Fsp3) is 0.462. The van der Waals surface area contributed by atoms with E-state index in [0.29, 0.717) is 9.21 Å². The van der Waals surface area contributed by atoms with E-state index in [1.807, 2.05) is 0 Å². The van der Waals surface area contributed by atoms with Crippen molar-refractivity contribution in [3.63, 3.8) is 0 Å². The Balaban J connectivity index is 2.06. The Morgan fingerprint density at radius 3 is 2.59 bits per heavy atom. The Kier molecular flexibility index (Phi) is 4.92. The second-order valence-electron chi connectivity index (χ2n) is 5.19. The van der Waals surface area contributed by atoms with Crippen LogP contribution in [0.2, 0.25) is 4.34 Å². The van der Waals surface area contributed by atoms with Crippen molar-refractivity contribution < 1.29 is 19.5 Å². The summed E-state index contributed by atoms with van der Waals surface area (Å²) in [6.07, 6.45) is -0.912. The maximum absolute atomic E-state index is 12.1. The molecule has 0 unspecified atom stereocenters. The Bertz CT molecular complexity index is 604. The number of halogens is 1. The summed E-state index contributed by atoms with van der Waals surface area (Å²) in [5.41, 5.74) is 0. The van der Waals surface area contributed by atoms with E-state index in [9.17, 15) is 19.5 Å². The van der Waals surface area contributed by atoms with Crippen LogP contribution in [0.25, 0.3) is 0 Å². The van der Waals surface area contributed by atoms with Gasteiger partial charge in [0.15, 0.2) is 0 Å². The summed E-state index contributed by atoms with van der Waals surface area (Å²) in [4.78, 5) is 38.3. The fourth-order valence-electron chi connectivity index (χ4n) is 2.38. The zero-order valence-electron chi connectivity index (χ0n) is 12.1. The van der Waals surface area contributed by atoms with E-state index >= 15 is 0 Å². The number of thiophene rings is 1. The average Bonchev–Trinajstić information content (AvgIpc) is 3.04. The molecule has 2 heterocycles. The third-order valence-electron chi connectivity index (χ3n) is 3.40. The smallest absolute Gasteiger partial charge is 0.408 e. The highest BCUT2D eigenvalue weighted by molar-refractivity contribution is 7.18. The number of carbonyl (C=O) groups is 3. The predicted octanol–water partition coefficient (Wildman–Crippen LogP) is 1.34. The molecule has 0 aromatic carbocycles. The van der Waals surface area contributed by atoms with Gasteiger partial charge in [0.2, 0.25) is 5.91 Å². The second-order valence-corrected chi connectivity index (χ2v) is 6.91. The first kappa shape index (κ1) is 16.6. The molecular formula is C13H16ClN3O4S. The third kappa shape index (κ3) is 3.50. The first-order chi connectivity index (χ1) is 10.3. The lowest BCUT2D eigenvalue weighted by molar-refractivity contribution is -0.132. The Labute approximate surface area is 136 Å². The molecule has 2 rings (SSSR count). The molecule has 1 aromatic heterocycles. The van der Waals surface area contributed by atoms with Gasteiger partial charge >= 0.3 is 6.09 Å². The SMILES string of the molecule is CN(C)C(=O)[C@@H]1C[C@@H](NC(=O)c2ccc(Cl)s2)CN1C(=O)O. The Morgan fingerprint density at radius 1 is 1.41 bits per heavy atom. The van der Waals surface area contributed by atoms with Crippen LogP contribution in [0.1, 0.15) is 16.1 Å². The van der Waals surface area contributed by atoms with Gasteiger partial charge in [-0.3, -0.25) is 14.5 Å². The highest BCUT2D eigenvalue weighted by Gasteiger charge is 2.41. The zero-order chi connectivity index (χ0) is 16.4. The molecule has 0 bridgehead atoms. The minimum absolute atomic E-state index is 0.0877. The van der Waals surface area contributed by atoms with Gasteiger partial charge in [0.25, 0.3) is 5.91 Å². The van der Waals surface area contributed by atoms with Gasteiger partial charge in [-0.05, 0) is 18.6 Å². The highest BCUT2D eigenvalue weighted by atomic mass is 35.5. The van der Waals surface area contributed by atoms with Crippen LogP contribution in [0.15, 0.2) is 12.1 Å². The first-order valence-corrected chi connectivity index (χ1v) is 7.76. The summed E-state index contributed by atoms with van der Waals surface area (Å²) in [7, 11) is 3.14. The number of rotatable bonds is 3. The lowest BCUT2D eigenvalue weighted by Crippen LogP contribution is -2.45. The Hall–Kier alpha value is -1.80. The largest absolute Gasteiger partial charge is 0.465 e. The van der Waals surface area contributed by atoms with Crippen molar-refractivity contribution in [2.24, 2.45) is 0 Å². The van der Waals surface area contributed by atoms with E-state index in [2.05, 4.69) is 5.32 Å². The van der Waals surface area contributed by atoms with E-state index in [0.717, 1.165) is 16.2 Å². The van der Waals surface area contributed by atoms with Crippen LogP contribution < -0.4 is 5.32 Å². The summed E-state index contributed by atoms with van der Waals surface area (Å²) in [6.45, 7) is 0.0877. The van der Waals surface area contributed by atoms with Crippen LogP contribution in [0.3, 0.4) is 0 Å². The summed E-state index contributed by atoms with van der Waals surface area (Å²) in [6, 6.07) is 2.05. The number of nitrogens with one attached hydrogen (secondary N) is 1. The molecule has 1 fully saturated rings. The summed E-state index contributed by atoms with van der Waals surface area (Å²) in [5.74, 6) is -0.608. The van der Waals surface area contributed by atoms with Gasteiger partial charge < -0.3 is 15.3 Å². The first-order valence-electron chi connectivity index (χ1n) is 6.56. The second kappa shape index (κ2) is 6.53. The normalized spacial score (nSPS) is 20.8. The van der Waals surface area contributed by atoms with Crippen LogP contribution in [-0.2, 0) is 4.79 Å². The zero-order valence-corrected chi connectivity index (χ0v) is 13.6. The molecule has 0 aliphatic carbocycles. The molecule has 2 N–H and O–H groups in total. The molecule has 3 amide bonds. The maximum Gasteiger partial charge on any atom is 0.408 e. The molecule has 120 valence electrons. The molecule has 0 saturated carbocycles. The number of likely N-dealkylation sites (tertiary alicyclic amines) is 1. The minimum atomic E-state index is -1.17. The molecular weight excluding hydrogens is 330 g/mol. The quantitative estimate of drug-likeness (QED) is 0.865. The topological polar surface area (TPSA) is 90.0 Å². The van der Waals surface area contributed by atoms with Gasteiger partial charge in [-0.1, -0.05) is 11.6 Å². The van der Waals surface area contributed by atoms with Gasteiger partial charge in [-0.25, -0.2) is 4.79 Å². The van der Waals surface area contributed by atoms with Gasteiger partial charge in [-0.2, -0.15) is 0 Å². The number of likely N-dealkylation sites (N-methyl/N-ethyl adjacent to an activating group) is 1. The molecule has 1 aliphatic heterocycles. The van der Waals surface area contributed by atoms with Crippen molar-refractivity contribution in [2.75, 3.05) is 20.6 Å². The molecule has 1 aromatic rings. The van der Waals surface area contributed by atoms with E-state index in [-0.39, 0.29) is 24.8 Å². The maximum atomic E-state index is 12.1. The summed E-state index contributed by atoms with van der Waals surface area (Å²) in [5, 5.41) is 12.0. The van der Waals surface area contributed by atoms with E-state index in [1.54, 1.807) is 26.2 Å². The fourth-order valence-corrected chi connectivity index (χ4v) is 3.32. The van der Waals surface area contributed by atoms with Crippen molar-refractivity contribution in [3.8, 4) is 0 Å². The van der Waals surface area contributed by atoms with E-state index < -0.39 is 18.2 Å². The Morgan fingerprint density at radius 2 is 2.09 bits per heavy atom. The van der Waals surface area contributed by atoms with Crippen molar-refractivity contribution in [3.05, 3.63) is 21.3 Å². The highest BCUT2D eigenvalue weighted by Crippen LogP contribution is 2.23. The molecule has 7 nitrogen and oxygen atoms in total. The van der Waals surface area contributed by atoms with Gasteiger partial charge in [0.05, 0.1) is 9.21 Å². The molecule has 22 heavy (non-hydrogen) atoms. The van der Waals surface area contributed by atoms with Crippen LogP contribution in [0, 0.1) is 0 Å². The van der Waals surface area contributed by atoms with Gasteiger partial charge in [0, 0.05) is 26.7 Å². The van der Waals surface area contributed by atoms with Crippen molar-refractivity contribution in [1.29, 1.82) is 0 Å². The number of carbonyl (C=O) groups excluding carboxylic acids is 2. The number of nitrogens with zero attached hydrogens (tertiary/aromatic N) is 2. The average molecular weight is 346 g/mol. The molecule has 0 spiro atoms. The standard InChI is InChI=1S/C13H16ClN3O4S/c1-16(2)12(19)8-5-7(6-17(8)13(20)21)15-11(18)9-3-4-10(14)22-9/h3-4,7-8H,5-6H2,1-2H3,(H,15,18)(H,20,21)/t7-,8+/m1/s1. The van der Waals surface area contributed by atoms with E-state index in [4.69, 9.17) is 11.6 Å². The van der Waals surface area contributed by atoms with Crippen molar-refractivity contribution >= 4 is 40.8 Å². The van der Waals surface area contributed by atoms with Crippen LogP contribution >= 0.6 is 22.9 Å². The number of hydrogen-bond acceptors (Lipinski definition) is 4. The number of carboxylic acid groups (broad SMARTS) is 1. The molecule has 1 saturated heterocycles. The third-order valence-corrected chi connectivity index (χ3v) is 4.63. The molecule has 2 atom stereocenters. The summed E-state index contributed by atoms with van der Waals surface area (Å²) >= 11 is 6.93. The lowest BCUT2D eigenvalue weighted by Gasteiger charge is -2.23. The van der Waals surface area contributed by atoms with E-state index in [1.165, 1.54) is 4.90 Å². The van der Waals surface area contributed by atoms with Crippen LogP contribution in [0.4, 0.5) is 4.79 Å². The van der Waals surface area contributed by atoms with Gasteiger partial charge in [0.1, 0.15) is 6.04 Å². The summed E-state index contributed by atoms with van der Waals surface area (Å²) < 4.78 is 0.504. The number of hydrogen-bond donors (Lipinski definition) is 2. The van der Waals surface area contributed by atoms with Crippen LogP contribution in [-0.4, -0.2) is 65.5 Å². The van der Waals surface area contributed by atoms with Crippen LogP contribution in [0.5, 0.6) is 0 Å². The lowest BCUT2D eigenvalue weighted by atomic mass is 10.1. The molecule has 1 aliphatic rings. The van der Waals surface area contributed by atoms with Gasteiger partial charge in [-0.15, -0.1) is 11.3 Å². The monoisotopic (exact) mass is 345 g/mol. The minimum Gasteiger partial charge on any atom is -0.465 e. The molecule has 9 heteroatoms.